The van der Waals surface area contributed by atoms with Gasteiger partial charge in [-0.2, -0.15) is 0 Å². The topological polar surface area (TPSA) is 29.6 Å². The van der Waals surface area contributed by atoms with Gasteiger partial charge in [-0.25, -0.2) is 0 Å². The first-order chi connectivity index (χ1) is 9.71. The van der Waals surface area contributed by atoms with E-state index in [1.165, 1.54) is 0 Å². The third-order valence-electron chi connectivity index (χ3n) is 3.83. The van der Waals surface area contributed by atoms with E-state index in [2.05, 4.69) is 0 Å². The Morgan fingerprint density at radius 2 is 1.90 bits per heavy atom. The first-order valence-electron chi connectivity index (χ1n) is 6.41. The number of epoxide rings is 1. The minimum absolute atomic E-state index is 0.104. The summed E-state index contributed by atoms with van der Waals surface area (Å²) in [6.45, 7) is 0. The van der Waals surface area contributed by atoms with Crippen molar-refractivity contribution >= 4 is 29.1 Å². The smallest absolute Gasteiger partial charge is 0.199 e. The van der Waals surface area contributed by atoms with Gasteiger partial charge in [0.15, 0.2) is 11.4 Å². The zero-order valence-corrected chi connectivity index (χ0v) is 12.1. The number of benzene rings is 2. The van der Waals surface area contributed by atoms with E-state index in [1.807, 2.05) is 48.5 Å². The molecule has 100 valence electrons. The monoisotopic (exact) mass is 302 g/mol. The summed E-state index contributed by atoms with van der Waals surface area (Å²) in [4.78, 5) is 13.7. The lowest BCUT2D eigenvalue weighted by Gasteiger charge is -2.20. The molecule has 0 radical (unpaired) electrons. The highest BCUT2D eigenvalue weighted by atomic mass is 35.5. The van der Waals surface area contributed by atoms with Gasteiger partial charge in [-0.05, 0) is 23.8 Å². The number of hydrogen-bond acceptors (Lipinski definition) is 3. The average molecular weight is 303 g/mol. The number of ketones is 1. The highest BCUT2D eigenvalue weighted by Gasteiger charge is 2.64. The lowest BCUT2D eigenvalue weighted by Crippen LogP contribution is -2.32. The lowest BCUT2D eigenvalue weighted by molar-refractivity contribution is 0.0885. The quantitative estimate of drug-likeness (QED) is 0.742. The number of fused-ring (bicyclic) bond motifs is 1. The van der Waals surface area contributed by atoms with Gasteiger partial charge in [0.2, 0.25) is 0 Å². The molecule has 1 fully saturated rings. The summed E-state index contributed by atoms with van der Waals surface area (Å²) in [7, 11) is 0. The number of ether oxygens (including phenoxy) is 1. The summed E-state index contributed by atoms with van der Waals surface area (Å²) in [5.74, 6) is 0.780. The van der Waals surface area contributed by atoms with Crippen molar-refractivity contribution < 1.29 is 9.53 Å². The van der Waals surface area contributed by atoms with E-state index >= 15 is 0 Å². The van der Waals surface area contributed by atoms with Crippen LogP contribution < -0.4 is 0 Å². The molecule has 0 unspecified atom stereocenters. The Morgan fingerprint density at radius 1 is 1.15 bits per heavy atom. The maximum Gasteiger partial charge on any atom is 0.199 e. The summed E-state index contributed by atoms with van der Waals surface area (Å²) in [6, 6.07) is 15.3. The van der Waals surface area contributed by atoms with Gasteiger partial charge in [0.25, 0.3) is 0 Å². The maximum atomic E-state index is 12.7. The van der Waals surface area contributed by atoms with Crippen molar-refractivity contribution in [3.8, 4) is 0 Å². The van der Waals surface area contributed by atoms with Crippen LogP contribution in [0.5, 0.6) is 0 Å². The second kappa shape index (κ2) is 4.35. The van der Waals surface area contributed by atoms with E-state index in [0.717, 1.165) is 16.0 Å². The molecule has 2 aromatic carbocycles. The predicted octanol–water partition coefficient (Wildman–Crippen LogP) is 4.14. The van der Waals surface area contributed by atoms with Crippen LogP contribution in [0.3, 0.4) is 0 Å². The molecule has 2 aliphatic rings. The molecule has 0 amide bonds. The van der Waals surface area contributed by atoms with Crippen molar-refractivity contribution in [2.24, 2.45) is 0 Å². The van der Waals surface area contributed by atoms with E-state index in [-0.39, 0.29) is 11.9 Å². The van der Waals surface area contributed by atoms with Crippen LogP contribution in [0.25, 0.3) is 0 Å². The van der Waals surface area contributed by atoms with Crippen molar-refractivity contribution in [1.82, 2.24) is 0 Å². The van der Waals surface area contributed by atoms with Gasteiger partial charge < -0.3 is 4.74 Å². The second-order valence-corrected chi connectivity index (χ2v) is 6.51. The Hall–Kier alpha value is -1.29. The van der Waals surface area contributed by atoms with E-state index < -0.39 is 5.60 Å². The van der Waals surface area contributed by atoms with Crippen LogP contribution >= 0.6 is 23.4 Å². The number of rotatable bonds is 1. The fourth-order valence-corrected chi connectivity index (χ4v) is 4.03. The molecule has 0 saturated carbocycles. The minimum atomic E-state index is -0.674. The maximum absolute atomic E-state index is 12.7. The van der Waals surface area contributed by atoms with Gasteiger partial charge in [-0.1, -0.05) is 41.9 Å². The van der Waals surface area contributed by atoms with Crippen LogP contribution in [0.4, 0.5) is 0 Å². The summed E-state index contributed by atoms with van der Waals surface area (Å²) in [5, 5.41) is 0.693. The van der Waals surface area contributed by atoms with Crippen LogP contribution in [0.15, 0.2) is 53.4 Å². The third-order valence-corrected chi connectivity index (χ3v) is 5.32. The van der Waals surface area contributed by atoms with Crippen molar-refractivity contribution in [2.75, 3.05) is 5.75 Å². The van der Waals surface area contributed by atoms with Crippen LogP contribution in [0.2, 0.25) is 5.02 Å². The fraction of sp³-hybridized carbons (Fsp3) is 0.188. The average Bonchev–Trinajstić information content (AvgIpc) is 3.20. The highest BCUT2D eigenvalue weighted by Crippen LogP contribution is 2.56. The van der Waals surface area contributed by atoms with Crippen LogP contribution in [0, 0.1) is 0 Å². The van der Waals surface area contributed by atoms with Gasteiger partial charge in [0.05, 0.1) is 0 Å². The molecule has 2 nitrogen and oxygen atoms in total. The molecule has 0 N–H and O–H groups in total. The standard InChI is InChI=1S/C16H11ClO2S/c17-11-7-5-10(6-8-11)15-16(19-15)9-20-13-4-2-1-3-12(13)14(16)18/h1-8,15H,9H2/t15-,16-/m0/s1. The van der Waals surface area contributed by atoms with Gasteiger partial charge in [-0.3, -0.25) is 4.79 Å². The van der Waals surface area contributed by atoms with Gasteiger partial charge in [-0.15, -0.1) is 11.8 Å². The van der Waals surface area contributed by atoms with Crippen molar-refractivity contribution in [3.05, 3.63) is 64.7 Å². The summed E-state index contributed by atoms with van der Waals surface area (Å²) in [6.07, 6.45) is -0.145. The largest absolute Gasteiger partial charge is 0.351 e. The molecule has 2 heterocycles. The summed E-state index contributed by atoms with van der Waals surface area (Å²) in [5.41, 5.74) is 1.12. The number of carbonyl (C=O) groups excluding carboxylic acids is 1. The lowest BCUT2D eigenvalue weighted by atomic mass is 9.92. The number of Topliss-reactive ketones (excluding diaryl/α,β-unsaturated/α-hetero) is 1. The zero-order chi connectivity index (χ0) is 13.7. The van der Waals surface area contributed by atoms with E-state index in [0.29, 0.717) is 10.8 Å². The molecule has 20 heavy (non-hydrogen) atoms. The van der Waals surface area contributed by atoms with E-state index in [4.69, 9.17) is 16.3 Å². The zero-order valence-electron chi connectivity index (χ0n) is 10.5. The Balaban J connectivity index is 1.69. The van der Waals surface area contributed by atoms with Crippen molar-refractivity contribution in [1.29, 1.82) is 0 Å². The molecule has 2 atom stereocenters. The normalized spacial score (nSPS) is 27.4. The SMILES string of the molecule is O=C1c2ccccc2SC[C@]12O[C@H]2c1ccc(Cl)cc1. The molecular weight excluding hydrogens is 292 g/mol. The Labute approximate surface area is 126 Å². The molecule has 4 heteroatoms. The Bertz CT molecular complexity index is 698. The first-order valence-corrected chi connectivity index (χ1v) is 7.77. The van der Waals surface area contributed by atoms with Gasteiger partial charge >= 0.3 is 0 Å². The third kappa shape index (κ3) is 1.74. The number of carbonyl (C=O) groups is 1. The van der Waals surface area contributed by atoms with Crippen LogP contribution in [-0.2, 0) is 4.74 Å². The highest BCUT2D eigenvalue weighted by molar-refractivity contribution is 7.99. The Morgan fingerprint density at radius 3 is 2.70 bits per heavy atom. The van der Waals surface area contributed by atoms with Gasteiger partial charge in [0, 0.05) is 21.2 Å². The minimum Gasteiger partial charge on any atom is -0.351 e. The summed E-state index contributed by atoms with van der Waals surface area (Å²) >= 11 is 7.59. The summed E-state index contributed by atoms with van der Waals surface area (Å²) < 4.78 is 5.83. The van der Waals surface area contributed by atoms with E-state index in [9.17, 15) is 4.79 Å². The number of hydrogen-bond donors (Lipinski definition) is 0. The molecule has 1 spiro atoms. The second-order valence-electron chi connectivity index (χ2n) is 5.05. The molecule has 1 saturated heterocycles. The molecule has 2 aromatic rings. The molecule has 0 aliphatic carbocycles. The molecule has 0 aromatic heterocycles. The van der Waals surface area contributed by atoms with Gasteiger partial charge in [0.1, 0.15) is 6.10 Å². The van der Waals surface area contributed by atoms with E-state index in [1.54, 1.807) is 11.8 Å². The van der Waals surface area contributed by atoms with Crippen LogP contribution in [-0.4, -0.2) is 17.1 Å². The first kappa shape index (κ1) is 12.5. The number of halogens is 1. The predicted molar refractivity (Wildman–Crippen MR) is 79.5 cm³/mol. The van der Waals surface area contributed by atoms with Crippen molar-refractivity contribution in [3.63, 3.8) is 0 Å². The van der Waals surface area contributed by atoms with Crippen LogP contribution in [0.1, 0.15) is 22.0 Å². The molecule has 0 bridgehead atoms. The molecule has 4 rings (SSSR count). The molecular formula is C16H11ClO2S. The Kier molecular flexibility index (Phi) is 2.71. The van der Waals surface area contributed by atoms with Crippen molar-refractivity contribution in [2.45, 2.75) is 16.6 Å². The number of thioether (sulfide) groups is 1. The molecule has 2 aliphatic heterocycles. The fourth-order valence-electron chi connectivity index (χ4n) is 2.69.